The van der Waals surface area contributed by atoms with Crippen molar-refractivity contribution in [1.82, 2.24) is 5.43 Å². The molecule has 0 heterocycles. The van der Waals surface area contributed by atoms with Gasteiger partial charge in [0, 0.05) is 6.42 Å². The molecule has 1 aromatic carbocycles. The number of hydrazine groups is 1. The Kier molecular flexibility index (Phi) is 8.22. The van der Waals surface area contributed by atoms with Crippen LogP contribution in [0.25, 0.3) is 0 Å². The van der Waals surface area contributed by atoms with E-state index in [2.05, 4.69) is 12.3 Å². The zero-order valence-electron chi connectivity index (χ0n) is 12.1. The summed E-state index contributed by atoms with van der Waals surface area (Å²) in [5.41, 5.74) is 2.12. The van der Waals surface area contributed by atoms with Crippen molar-refractivity contribution < 1.29 is 14.3 Å². The van der Waals surface area contributed by atoms with Gasteiger partial charge < -0.3 is 9.47 Å². The van der Waals surface area contributed by atoms with Gasteiger partial charge in [0.2, 0.25) is 5.91 Å². The van der Waals surface area contributed by atoms with E-state index in [0.29, 0.717) is 13.0 Å². The van der Waals surface area contributed by atoms with Crippen molar-refractivity contribution in [1.29, 1.82) is 0 Å². The zero-order valence-corrected chi connectivity index (χ0v) is 12.1. The molecule has 0 bridgehead atoms. The molecule has 0 spiro atoms. The van der Waals surface area contributed by atoms with Crippen molar-refractivity contribution in [2.24, 2.45) is 5.84 Å². The molecule has 112 valence electrons. The molecule has 0 atom stereocenters. The van der Waals surface area contributed by atoms with Crippen LogP contribution in [-0.2, 0) is 4.79 Å². The first-order chi connectivity index (χ1) is 9.76. The number of rotatable bonds is 10. The van der Waals surface area contributed by atoms with Gasteiger partial charge in [-0.2, -0.15) is 0 Å². The number of hydrogen-bond acceptors (Lipinski definition) is 4. The van der Waals surface area contributed by atoms with Gasteiger partial charge in [0.25, 0.3) is 0 Å². The molecule has 0 unspecified atom stereocenters. The Morgan fingerprint density at radius 2 is 1.65 bits per heavy atom. The summed E-state index contributed by atoms with van der Waals surface area (Å²) in [6.45, 7) is 3.46. The molecule has 0 aromatic heterocycles. The predicted octanol–water partition coefficient (Wildman–Crippen LogP) is 2.40. The van der Waals surface area contributed by atoms with Crippen LogP contribution in [0.4, 0.5) is 0 Å². The molecule has 5 nitrogen and oxygen atoms in total. The van der Waals surface area contributed by atoms with Crippen LogP contribution in [0.15, 0.2) is 24.3 Å². The lowest BCUT2D eigenvalue weighted by molar-refractivity contribution is -0.121. The van der Waals surface area contributed by atoms with E-state index in [1.807, 2.05) is 24.3 Å². The van der Waals surface area contributed by atoms with Crippen LogP contribution in [0.1, 0.15) is 39.0 Å². The molecule has 1 amide bonds. The van der Waals surface area contributed by atoms with Gasteiger partial charge >= 0.3 is 0 Å². The molecule has 0 aliphatic heterocycles. The minimum atomic E-state index is -0.117. The van der Waals surface area contributed by atoms with Gasteiger partial charge in [0.05, 0.1) is 13.2 Å². The van der Waals surface area contributed by atoms with Crippen LogP contribution in [-0.4, -0.2) is 19.1 Å². The first-order valence-corrected chi connectivity index (χ1v) is 7.11. The van der Waals surface area contributed by atoms with Crippen LogP contribution in [0.5, 0.6) is 11.5 Å². The Bertz CT molecular complexity index is 379. The molecule has 0 radical (unpaired) electrons. The standard InChI is InChI=1S/C15H24N2O3/c1-2-11-19-13-7-9-14(10-8-13)20-12-5-3-4-6-15(18)17-16/h7-10H,2-6,11-12,16H2,1H3,(H,17,18). The summed E-state index contributed by atoms with van der Waals surface area (Å²) >= 11 is 0. The Balaban J connectivity index is 2.11. The van der Waals surface area contributed by atoms with Gasteiger partial charge in [-0.1, -0.05) is 6.92 Å². The summed E-state index contributed by atoms with van der Waals surface area (Å²) in [7, 11) is 0. The van der Waals surface area contributed by atoms with Gasteiger partial charge in [-0.3, -0.25) is 10.2 Å². The number of nitrogens with two attached hydrogens (primary N) is 1. The molecule has 1 aromatic rings. The van der Waals surface area contributed by atoms with Crippen LogP contribution in [0.3, 0.4) is 0 Å². The number of ether oxygens (including phenoxy) is 2. The highest BCUT2D eigenvalue weighted by atomic mass is 16.5. The second-order valence-electron chi connectivity index (χ2n) is 4.55. The summed E-state index contributed by atoms with van der Waals surface area (Å²) in [4.78, 5) is 10.9. The van der Waals surface area contributed by atoms with Crippen LogP contribution < -0.4 is 20.7 Å². The smallest absolute Gasteiger partial charge is 0.233 e. The maximum Gasteiger partial charge on any atom is 0.233 e. The van der Waals surface area contributed by atoms with E-state index in [4.69, 9.17) is 15.3 Å². The molecule has 3 N–H and O–H groups in total. The van der Waals surface area contributed by atoms with Gasteiger partial charge in [0.15, 0.2) is 0 Å². The number of hydrogen-bond donors (Lipinski definition) is 2. The molecule has 20 heavy (non-hydrogen) atoms. The second-order valence-corrected chi connectivity index (χ2v) is 4.55. The molecular formula is C15H24N2O3. The predicted molar refractivity (Wildman–Crippen MR) is 78.5 cm³/mol. The molecule has 0 fully saturated rings. The fourth-order valence-corrected chi connectivity index (χ4v) is 1.68. The fourth-order valence-electron chi connectivity index (χ4n) is 1.68. The first kappa shape index (κ1) is 16.3. The van der Waals surface area contributed by atoms with Gasteiger partial charge in [-0.25, -0.2) is 5.84 Å². The van der Waals surface area contributed by atoms with E-state index in [1.165, 1.54) is 0 Å². The largest absolute Gasteiger partial charge is 0.494 e. The highest BCUT2D eigenvalue weighted by molar-refractivity contribution is 5.75. The quantitative estimate of drug-likeness (QED) is 0.299. The topological polar surface area (TPSA) is 73.6 Å². The summed E-state index contributed by atoms with van der Waals surface area (Å²) in [5.74, 6) is 6.59. The summed E-state index contributed by atoms with van der Waals surface area (Å²) in [6, 6.07) is 7.65. The monoisotopic (exact) mass is 280 g/mol. The molecule has 5 heteroatoms. The average molecular weight is 280 g/mol. The minimum absolute atomic E-state index is 0.117. The highest BCUT2D eigenvalue weighted by Crippen LogP contribution is 2.18. The Hall–Kier alpha value is -1.75. The van der Waals surface area contributed by atoms with E-state index in [9.17, 15) is 4.79 Å². The van der Waals surface area contributed by atoms with Crippen molar-refractivity contribution >= 4 is 5.91 Å². The molecule has 0 aliphatic rings. The molecule has 0 aliphatic carbocycles. The Morgan fingerprint density at radius 3 is 2.20 bits per heavy atom. The fraction of sp³-hybridized carbons (Fsp3) is 0.533. The summed E-state index contributed by atoms with van der Waals surface area (Å²) in [5, 5.41) is 0. The third-order valence-corrected chi connectivity index (χ3v) is 2.77. The first-order valence-electron chi connectivity index (χ1n) is 7.11. The molecule has 1 rings (SSSR count). The second kappa shape index (κ2) is 10.1. The molecule has 0 saturated heterocycles. The number of carbonyl (C=O) groups excluding carboxylic acids is 1. The van der Waals surface area contributed by atoms with E-state index in [-0.39, 0.29) is 5.91 Å². The van der Waals surface area contributed by atoms with Crippen LogP contribution in [0.2, 0.25) is 0 Å². The third kappa shape index (κ3) is 6.99. The number of benzene rings is 1. The van der Waals surface area contributed by atoms with Crippen molar-refractivity contribution in [3.05, 3.63) is 24.3 Å². The minimum Gasteiger partial charge on any atom is -0.494 e. The molecule has 0 saturated carbocycles. The van der Waals surface area contributed by atoms with Gasteiger partial charge in [0.1, 0.15) is 11.5 Å². The van der Waals surface area contributed by atoms with Gasteiger partial charge in [-0.15, -0.1) is 0 Å². The lowest BCUT2D eigenvalue weighted by Gasteiger charge is -2.08. The number of nitrogens with one attached hydrogen (secondary N) is 1. The van der Waals surface area contributed by atoms with E-state index in [1.54, 1.807) is 0 Å². The van der Waals surface area contributed by atoms with Crippen molar-refractivity contribution in [3.63, 3.8) is 0 Å². The summed E-state index contributed by atoms with van der Waals surface area (Å²) < 4.78 is 11.1. The lowest BCUT2D eigenvalue weighted by atomic mass is 10.2. The van der Waals surface area contributed by atoms with Crippen molar-refractivity contribution in [3.8, 4) is 11.5 Å². The van der Waals surface area contributed by atoms with E-state index in [0.717, 1.165) is 43.8 Å². The van der Waals surface area contributed by atoms with E-state index >= 15 is 0 Å². The van der Waals surface area contributed by atoms with Crippen LogP contribution >= 0.6 is 0 Å². The average Bonchev–Trinajstić information content (AvgIpc) is 2.49. The SMILES string of the molecule is CCCOc1ccc(OCCCCCC(=O)NN)cc1. The Labute approximate surface area is 120 Å². The Morgan fingerprint density at radius 1 is 1.05 bits per heavy atom. The van der Waals surface area contributed by atoms with Crippen molar-refractivity contribution in [2.75, 3.05) is 13.2 Å². The summed E-state index contributed by atoms with van der Waals surface area (Å²) in [6.07, 6.45) is 4.17. The zero-order chi connectivity index (χ0) is 14.6. The van der Waals surface area contributed by atoms with Crippen LogP contribution in [0, 0.1) is 0 Å². The van der Waals surface area contributed by atoms with Gasteiger partial charge in [-0.05, 0) is 49.9 Å². The van der Waals surface area contributed by atoms with E-state index < -0.39 is 0 Å². The number of unbranched alkanes of at least 4 members (excludes halogenated alkanes) is 2. The number of carbonyl (C=O) groups is 1. The maximum absolute atomic E-state index is 10.9. The highest BCUT2D eigenvalue weighted by Gasteiger charge is 1.99. The van der Waals surface area contributed by atoms with Crippen molar-refractivity contribution in [2.45, 2.75) is 39.0 Å². The molecular weight excluding hydrogens is 256 g/mol. The third-order valence-electron chi connectivity index (χ3n) is 2.77. The lowest BCUT2D eigenvalue weighted by Crippen LogP contribution is -2.29. The normalized spacial score (nSPS) is 10.1. The maximum atomic E-state index is 10.9. The number of amides is 1.